The standard InChI is InChI=1S/C8H7N5/c1-2-8(4-9-3-1)5-11-13-7-10-6-12-13/h1-7H. The van der Waals surface area contributed by atoms with Crippen LogP contribution in [-0.2, 0) is 0 Å². The minimum absolute atomic E-state index is 0.929. The van der Waals surface area contributed by atoms with Crippen molar-refractivity contribution in [1.82, 2.24) is 19.9 Å². The smallest absolute Gasteiger partial charge is 0.139 e. The summed E-state index contributed by atoms with van der Waals surface area (Å²) in [6.45, 7) is 0. The summed E-state index contributed by atoms with van der Waals surface area (Å²) in [4.78, 5) is 9.09. The molecule has 2 heterocycles. The molecule has 0 unspecified atom stereocenters. The van der Waals surface area contributed by atoms with E-state index in [0.717, 1.165) is 5.56 Å². The molecule has 0 amide bonds. The SMILES string of the molecule is C(=Nn1cncn1)c1cccnc1. The molecule has 5 heteroatoms. The van der Waals surface area contributed by atoms with Gasteiger partial charge < -0.3 is 0 Å². The van der Waals surface area contributed by atoms with Gasteiger partial charge in [0.25, 0.3) is 0 Å². The van der Waals surface area contributed by atoms with E-state index in [-0.39, 0.29) is 0 Å². The fraction of sp³-hybridized carbons (Fsp3) is 0. The number of aromatic nitrogens is 4. The van der Waals surface area contributed by atoms with Gasteiger partial charge in [-0.25, -0.2) is 4.98 Å². The van der Waals surface area contributed by atoms with Gasteiger partial charge in [0, 0.05) is 18.0 Å². The second-order valence-corrected chi connectivity index (χ2v) is 2.35. The van der Waals surface area contributed by atoms with Crippen LogP contribution in [0.1, 0.15) is 5.56 Å². The topological polar surface area (TPSA) is 56.0 Å². The first-order chi connectivity index (χ1) is 6.45. The molecule has 0 aliphatic heterocycles. The second kappa shape index (κ2) is 3.57. The van der Waals surface area contributed by atoms with E-state index in [1.165, 1.54) is 17.4 Å². The summed E-state index contributed by atoms with van der Waals surface area (Å²) < 4.78 is 0. The van der Waals surface area contributed by atoms with Crippen LogP contribution in [-0.4, -0.2) is 26.1 Å². The second-order valence-electron chi connectivity index (χ2n) is 2.35. The Morgan fingerprint density at radius 3 is 3.08 bits per heavy atom. The molecule has 64 valence electrons. The van der Waals surface area contributed by atoms with Crippen LogP contribution in [0.2, 0.25) is 0 Å². The van der Waals surface area contributed by atoms with Crippen molar-refractivity contribution in [3.8, 4) is 0 Å². The van der Waals surface area contributed by atoms with E-state index in [9.17, 15) is 0 Å². The highest BCUT2D eigenvalue weighted by Gasteiger charge is 1.85. The molecule has 2 aromatic heterocycles. The predicted octanol–water partition coefficient (Wildman–Crippen LogP) is 0.555. The molecule has 0 aliphatic carbocycles. The van der Waals surface area contributed by atoms with E-state index in [1.54, 1.807) is 18.6 Å². The Labute approximate surface area is 74.8 Å². The summed E-state index contributed by atoms with van der Waals surface area (Å²) in [5.41, 5.74) is 0.929. The molecule has 13 heavy (non-hydrogen) atoms. The highest BCUT2D eigenvalue weighted by Crippen LogP contribution is 1.90. The van der Waals surface area contributed by atoms with Crippen LogP contribution in [0.25, 0.3) is 0 Å². The Morgan fingerprint density at radius 1 is 1.38 bits per heavy atom. The fourth-order valence-electron chi connectivity index (χ4n) is 0.840. The lowest BCUT2D eigenvalue weighted by Gasteiger charge is -1.89. The van der Waals surface area contributed by atoms with E-state index in [0.29, 0.717) is 0 Å². The first kappa shape index (κ1) is 7.60. The maximum atomic E-state index is 4.01. The Bertz CT molecular complexity index is 378. The van der Waals surface area contributed by atoms with Crippen LogP contribution in [0.4, 0.5) is 0 Å². The number of nitrogens with zero attached hydrogens (tertiary/aromatic N) is 5. The summed E-state index contributed by atoms with van der Waals surface area (Å²) in [6.07, 6.45) is 8.06. The van der Waals surface area contributed by atoms with E-state index in [2.05, 4.69) is 20.2 Å². The Kier molecular flexibility index (Phi) is 2.09. The Balaban J connectivity index is 2.15. The number of pyridine rings is 1. The average Bonchev–Trinajstić information content (AvgIpc) is 2.69. The van der Waals surface area contributed by atoms with E-state index in [1.807, 2.05) is 12.1 Å². The van der Waals surface area contributed by atoms with Crippen molar-refractivity contribution in [1.29, 1.82) is 0 Å². The van der Waals surface area contributed by atoms with Gasteiger partial charge in [-0.15, -0.1) is 9.89 Å². The van der Waals surface area contributed by atoms with Crippen molar-refractivity contribution in [3.63, 3.8) is 0 Å². The van der Waals surface area contributed by atoms with E-state index >= 15 is 0 Å². The molecule has 0 radical (unpaired) electrons. The van der Waals surface area contributed by atoms with Gasteiger partial charge in [0.15, 0.2) is 0 Å². The van der Waals surface area contributed by atoms with Crippen LogP contribution < -0.4 is 0 Å². The first-order valence-electron chi connectivity index (χ1n) is 3.74. The van der Waals surface area contributed by atoms with Crippen LogP contribution in [0.3, 0.4) is 0 Å². The van der Waals surface area contributed by atoms with Crippen molar-refractivity contribution in [3.05, 3.63) is 42.7 Å². The third kappa shape index (κ3) is 1.96. The number of hydrogen-bond donors (Lipinski definition) is 0. The van der Waals surface area contributed by atoms with Crippen LogP contribution in [0.15, 0.2) is 42.3 Å². The molecule has 0 saturated carbocycles. The largest absolute Gasteiger partial charge is 0.264 e. The fourth-order valence-corrected chi connectivity index (χ4v) is 0.840. The van der Waals surface area contributed by atoms with Gasteiger partial charge in [-0.2, -0.15) is 5.10 Å². The Hall–Kier alpha value is -2.04. The van der Waals surface area contributed by atoms with E-state index < -0.39 is 0 Å². The molecular formula is C8H7N5. The molecule has 0 aromatic carbocycles. The molecule has 0 bridgehead atoms. The van der Waals surface area contributed by atoms with E-state index in [4.69, 9.17) is 0 Å². The molecule has 0 atom stereocenters. The molecule has 2 rings (SSSR count). The van der Waals surface area contributed by atoms with Gasteiger partial charge in [-0.1, -0.05) is 6.07 Å². The average molecular weight is 173 g/mol. The third-order valence-corrected chi connectivity index (χ3v) is 1.42. The molecule has 0 spiro atoms. The summed E-state index contributed by atoms with van der Waals surface area (Å²) in [7, 11) is 0. The van der Waals surface area contributed by atoms with Crippen LogP contribution in [0, 0.1) is 0 Å². The quantitative estimate of drug-likeness (QED) is 0.623. The minimum atomic E-state index is 0.929. The molecule has 0 aliphatic rings. The molecule has 5 nitrogen and oxygen atoms in total. The first-order valence-corrected chi connectivity index (χ1v) is 3.74. The minimum Gasteiger partial charge on any atom is -0.264 e. The van der Waals surface area contributed by atoms with Gasteiger partial charge in [0.1, 0.15) is 12.7 Å². The summed E-state index contributed by atoms with van der Waals surface area (Å²) in [5, 5.41) is 7.83. The lowest BCUT2D eigenvalue weighted by molar-refractivity contribution is 0.743. The maximum absolute atomic E-state index is 4.01. The van der Waals surface area contributed by atoms with Crippen molar-refractivity contribution in [2.24, 2.45) is 5.10 Å². The zero-order valence-electron chi connectivity index (χ0n) is 6.78. The van der Waals surface area contributed by atoms with Gasteiger partial charge in [-0.3, -0.25) is 4.98 Å². The zero-order valence-corrected chi connectivity index (χ0v) is 6.78. The van der Waals surface area contributed by atoms with Crippen molar-refractivity contribution in [2.75, 3.05) is 0 Å². The lowest BCUT2D eigenvalue weighted by atomic mass is 10.3. The monoisotopic (exact) mass is 173 g/mol. The maximum Gasteiger partial charge on any atom is 0.139 e. The lowest BCUT2D eigenvalue weighted by Crippen LogP contribution is -1.90. The predicted molar refractivity (Wildman–Crippen MR) is 47.3 cm³/mol. The molecule has 2 aromatic rings. The highest BCUT2D eigenvalue weighted by molar-refractivity contribution is 5.78. The molecule has 0 saturated heterocycles. The molecule has 0 N–H and O–H groups in total. The van der Waals surface area contributed by atoms with Gasteiger partial charge in [0.05, 0.1) is 6.21 Å². The Morgan fingerprint density at radius 2 is 2.38 bits per heavy atom. The summed E-state index contributed by atoms with van der Waals surface area (Å²) in [5.74, 6) is 0. The summed E-state index contributed by atoms with van der Waals surface area (Å²) >= 11 is 0. The van der Waals surface area contributed by atoms with Crippen molar-refractivity contribution < 1.29 is 0 Å². The third-order valence-electron chi connectivity index (χ3n) is 1.42. The number of hydrogen-bond acceptors (Lipinski definition) is 4. The number of rotatable bonds is 2. The molecular weight excluding hydrogens is 166 g/mol. The van der Waals surface area contributed by atoms with Crippen molar-refractivity contribution in [2.45, 2.75) is 0 Å². The molecule has 0 fully saturated rings. The highest BCUT2D eigenvalue weighted by atomic mass is 15.5. The van der Waals surface area contributed by atoms with Crippen LogP contribution in [0.5, 0.6) is 0 Å². The zero-order chi connectivity index (χ0) is 8.93. The normalized spacial score (nSPS) is 10.8. The van der Waals surface area contributed by atoms with Gasteiger partial charge in [-0.05, 0) is 6.07 Å². The van der Waals surface area contributed by atoms with Gasteiger partial charge >= 0.3 is 0 Å². The van der Waals surface area contributed by atoms with Crippen molar-refractivity contribution >= 4 is 6.21 Å². The van der Waals surface area contributed by atoms with Gasteiger partial charge in [0.2, 0.25) is 0 Å². The van der Waals surface area contributed by atoms with Crippen LogP contribution >= 0.6 is 0 Å². The summed E-state index contributed by atoms with van der Waals surface area (Å²) in [6, 6.07) is 3.76.